The fourth-order valence-electron chi connectivity index (χ4n) is 3.56. The minimum absolute atomic E-state index is 0.0609. The van der Waals surface area contributed by atoms with Gasteiger partial charge in [-0.05, 0) is 29.7 Å². The normalized spacial score (nSPS) is 12.2. The quantitative estimate of drug-likeness (QED) is 0.503. The molecule has 6 heteroatoms. The Kier molecular flexibility index (Phi) is 5.48. The van der Waals surface area contributed by atoms with E-state index in [0.29, 0.717) is 17.5 Å². The lowest BCUT2D eigenvalue weighted by Crippen LogP contribution is -2.30. The maximum Gasteiger partial charge on any atom is 0.221 e. The lowest BCUT2D eigenvalue weighted by Gasteiger charge is -2.22. The first kappa shape index (κ1) is 19.6. The number of amides is 1. The maximum atomic E-state index is 12.6. The third kappa shape index (κ3) is 4.03. The van der Waals surface area contributed by atoms with Gasteiger partial charge in [0.2, 0.25) is 5.91 Å². The molecule has 152 valence electrons. The van der Waals surface area contributed by atoms with Crippen molar-refractivity contribution in [2.45, 2.75) is 26.3 Å². The molecule has 0 saturated heterocycles. The number of carbonyl (C=O) groups excluding carboxylic acids is 1. The van der Waals surface area contributed by atoms with Gasteiger partial charge in [-0.2, -0.15) is 0 Å². The van der Waals surface area contributed by atoms with Crippen LogP contribution in [0.5, 0.6) is 5.75 Å². The molecule has 0 fully saturated rings. The highest BCUT2D eigenvalue weighted by Gasteiger charge is 2.22. The Balaban J connectivity index is 1.75. The molecule has 2 heterocycles. The Morgan fingerprint density at radius 1 is 1.10 bits per heavy atom. The van der Waals surface area contributed by atoms with E-state index in [1.165, 1.54) is 0 Å². The Morgan fingerprint density at radius 2 is 1.90 bits per heavy atom. The molecule has 0 bridgehead atoms. The Labute approximate surface area is 175 Å². The van der Waals surface area contributed by atoms with Gasteiger partial charge >= 0.3 is 0 Å². The fourth-order valence-corrected chi connectivity index (χ4v) is 3.56. The topological polar surface area (TPSA) is 80.0 Å². The van der Waals surface area contributed by atoms with Gasteiger partial charge in [-0.25, -0.2) is 4.98 Å². The van der Waals surface area contributed by atoms with Crippen LogP contribution in [0.4, 0.5) is 0 Å². The van der Waals surface area contributed by atoms with Crippen molar-refractivity contribution in [3.8, 4) is 11.4 Å². The molecule has 0 aliphatic rings. The van der Waals surface area contributed by atoms with Crippen LogP contribution in [0.25, 0.3) is 16.6 Å². The van der Waals surface area contributed by atoms with Crippen molar-refractivity contribution in [2.75, 3.05) is 0 Å². The molecule has 2 N–H and O–H groups in total. The number of nitrogens with one attached hydrogen (secondary N) is 1. The number of hydrogen-bond donors (Lipinski definition) is 2. The average molecular weight is 400 g/mol. The summed E-state index contributed by atoms with van der Waals surface area (Å²) in [6.07, 6.45) is 7.40. The number of aromatic hydroxyl groups is 1. The highest BCUT2D eigenvalue weighted by molar-refractivity contribution is 5.86. The summed E-state index contributed by atoms with van der Waals surface area (Å²) in [4.78, 5) is 21.0. The smallest absolute Gasteiger partial charge is 0.221 e. The number of carbonyl (C=O) groups is 1. The highest BCUT2D eigenvalue weighted by atomic mass is 16.3. The third-order valence-electron chi connectivity index (χ3n) is 5.02. The number of imidazole rings is 1. The van der Waals surface area contributed by atoms with Gasteiger partial charge in [0.15, 0.2) is 0 Å². The van der Waals surface area contributed by atoms with Crippen molar-refractivity contribution >= 4 is 16.8 Å². The molecule has 30 heavy (non-hydrogen) atoms. The van der Waals surface area contributed by atoms with Crippen LogP contribution >= 0.6 is 0 Å². The van der Waals surface area contributed by atoms with Gasteiger partial charge in [0, 0.05) is 41.6 Å². The fraction of sp³-hybridized carbons (Fsp3) is 0.208. The van der Waals surface area contributed by atoms with Crippen LogP contribution in [-0.2, 0) is 4.79 Å². The Bertz CT molecular complexity index is 1150. The van der Waals surface area contributed by atoms with Gasteiger partial charge in [0.05, 0.1) is 12.4 Å². The standard InChI is InChI=1S/C24H24N4O2/c1-16(2)14-21(29)27-22(18-5-8-19(9-6-18)28-13-12-25-15-28)20-10-7-17-4-3-11-26-23(17)24(20)30/h3-13,15-16,22,30H,14H2,1-2H3,(H,27,29). The van der Waals surface area contributed by atoms with Crippen LogP contribution in [0.1, 0.15) is 37.4 Å². The molecule has 0 saturated carbocycles. The van der Waals surface area contributed by atoms with E-state index in [4.69, 9.17) is 0 Å². The van der Waals surface area contributed by atoms with Gasteiger partial charge in [-0.15, -0.1) is 0 Å². The summed E-state index contributed by atoms with van der Waals surface area (Å²) in [6, 6.07) is 14.9. The van der Waals surface area contributed by atoms with Gasteiger partial charge in [0.25, 0.3) is 0 Å². The van der Waals surface area contributed by atoms with Crippen molar-refractivity contribution in [1.29, 1.82) is 0 Å². The van der Waals surface area contributed by atoms with Crippen LogP contribution in [0.3, 0.4) is 0 Å². The number of benzene rings is 2. The van der Waals surface area contributed by atoms with E-state index in [0.717, 1.165) is 16.6 Å². The summed E-state index contributed by atoms with van der Waals surface area (Å²) in [7, 11) is 0. The predicted octanol–water partition coefficient (Wildman–Crippen LogP) is 4.38. The molecule has 2 aromatic carbocycles. The molecular weight excluding hydrogens is 376 g/mol. The minimum atomic E-state index is -0.487. The van der Waals surface area contributed by atoms with E-state index in [9.17, 15) is 9.90 Å². The summed E-state index contributed by atoms with van der Waals surface area (Å²) in [5, 5.41) is 14.9. The number of aromatic nitrogens is 3. The monoisotopic (exact) mass is 400 g/mol. The van der Waals surface area contributed by atoms with E-state index >= 15 is 0 Å². The van der Waals surface area contributed by atoms with E-state index in [-0.39, 0.29) is 17.6 Å². The molecule has 2 aromatic heterocycles. The van der Waals surface area contributed by atoms with Gasteiger partial charge < -0.3 is 15.0 Å². The third-order valence-corrected chi connectivity index (χ3v) is 5.02. The summed E-state index contributed by atoms with van der Waals surface area (Å²) in [5.41, 5.74) is 2.98. The first-order valence-corrected chi connectivity index (χ1v) is 9.97. The minimum Gasteiger partial charge on any atom is -0.505 e. The van der Waals surface area contributed by atoms with Crippen molar-refractivity contribution in [3.63, 3.8) is 0 Å². The molecule has 4 aromatic rings. The van der Waals surface area contributed by atoms with Crippen molar-refractivity contribution < 1.29 is 9.90 Å². The first-order chi connectivity index (χ1) is 14.5. The number of phenols is 1. The summed E-state index contributed by atoms with van der Waals surface area (Å²) in [5.74, 6) is 0.261. The van der Waals surface area contributed by atoms with Crippen LogP contribution in [0, 0.1) is 5.92 Å². The molecule has 6 nitrogen and oxygen atoms in total. The zero-order chi connectivity index (χ0) is 21.1. The zero-order valence-corrected chi connectivity index (χ0v) is 17.0. The lowest BCUT2D eigenvalue weighted by atomic mass is 9.95. The molecule has 0 spiro atoms. The molecule has 4 rings (SSSR count). The molecule has 1 unspecified atom stereocenters. The van der Waals surface area contributed by atoms with E-state index in [1.54, 1.807) is 18.7 Å². The van der Waals surface area contributed by atoms with E-state index in [2.05, 4.69) is 15.3 Å². The number of rotatable bonds is 6. The second kappa shape index (κ2) is 8.37. The predicted molar refractivity (Wildman–Crippen MR) is 116 cm³/mol. The molecule has 0 aliphatic carbocycles. The second-order valence-electron chi connectivity index (χ2n) is 7.74. The van der Waals surface area contributed by atoms with Crippen LogP contribution in [-0.4, -0.2) is 25.5 Å². The summed E-state index contributed by atoms with van der Waals surface area (Å²) >= 11 is 0. The Hall–Kier alpha value is -3.67. The number of nitrogens with zero attached hydrogens (tertiary/aromatic N) is 3. The van der Waals surface area contributed by atoms with Crippen LogP contribution in [0.2, 0.25) is 0 Å². The van der Waals surface area contributed by atoms with Gasteiger partial charge in [-0.3, -0.25) is 9.78 Å². The number of fused-ring (bicyclic) bond motifs is 1. The van der Waals surface area contributed by atoms with E-state index < -0.39 is 6.04 Å². The van der Waals surface area contributed by atoms with Gasteiger partial charge in [0.1, 0.15) is 11.3 Å². The molecule has 1 atom stereocenters. The van der Waals surface area contributed by atoms with Gasteiger partial charge in [-0.1, -0.05) is 44.2 Å². The summed E-state index contributed by atoms with van der Waals surface area (Å²) in [6.45, 7) is 4.01. The lowest BCUT2D eigenvalue weighted by molar-refractivity contribution is -0.122. The van der Waals surface area contributed by atoms with Crippen LogP contribution < -0.4 is 5.32 Å². The molecule has 0 aliphatic heterocycles. The van der Waals surface area contributed by atoms with Crippen LogP contribution in [0.15, 0.2) is 73.4 Å². The van der Waals surface area contributed by atoms with Crippen molar-refractivity contribution in [2.24, 2.45) is 5.92 Å². The largest absolute Gasteiger partial charge is 0.505 e. The maximum absolute atomic E-state index is 12.6. The number of pyridine rings is 1. The van der Waals surface area contributed by atoms with Crippen molar-refractivity contribution in [3.05, 3.63) is 84.6 Å². The Morgan fingerprint density at radius 3 is 2.60 bits per heavy atom. The first-order valence-electron chi connectivity index (χ1n) is 9.97. The van der Waals surface area contributed by atoms with Crippen molar-refractivity contribution in [1.82, 2.24) is 19.9 Å². The zero-order valence-electron chi connectivity index (χ0n) is 17.0. The molecule has 1 amide bonds. The SMILES string of the molecule is CC(C)CC(=O)NC(c1ccc(-n2ccnc2)cc1)c1ccc2cccnc2c1O. The highest BCUT2D eigenvalue weighted by Crippen LogP contribution is 2.34. The number of hydrogen-bond acceptors (Lipinski definition) is 4. The second-order valence-corrected chi connectivity index (χ2v) is 7.74. The summed E-state index contributed by atoms with van der Waals surface area (Å²) < 4.78 is 1.91. The molecular formula is C24H24N4O2. The van der Waals surface area contributed by atoms with E-state index in [1.807, 2.05) is 73.1 Å². The average Bonchev–Trinajstić information content (AvgIpc) is 3.27. The number of phenolic OH excluding ortho intramolecular Hbond substituents is 1. The molecule has 0 radical (unpaired) electrons.